The lowest BCUT2D eigenvalue weighted by molar-refractivity contribution is -0.671. The fourth-order valence-electron chi connectivity index (χ4n) is 2.33. The Balaban J connectivity index is 1.87. The molecule has 104 valence electrons. The first-order valence-electron chi connectivity index (χ1n) is 6.96. The number of aromatic nitrogens is 1. The summed E-state index contributed by atoms with van der Waals surface area (Å²) in [4.78, 5) is 0. The first-order chi connectivity index (χ1) is 10.3. The molecule has 0 N–H and O–H groups in total. The molecule has 0 bridgehead atoms. The van der Waals surface area contributed by atoms with Gasteiger partial charge in [0.2, 0.25) is 0 Å². The first-order valence-corrected chi connectivity index (χ1v) is 6.96. The van der Waals surface area contributed by atoms with Gasteiger partial charge in [0.15, 0.2) is 12.4 Å². The summed E-state index contributed by atoms with van der Waals surface area (Å²) in [6.45, 7) is 0. The summed E-state index contributed by atoms with van der Waals surface area (Å²) in [6, 6.07) is 21.0. The highest BCUT2D eigenvalue weighted by molar-refractivity contribution is 5.70. The van der Waals surface area contributed by atoms with Gasteiger partial charge >= 0.3 is 0 Å². The van der Waals surface area contributed by atoms with E-state index in [2.05, 4.69) is 60.9 Å². The normalized spacial score (nSPS) is 10.4. The average molecular weight is 276 g/mol. The highest BCUT2D eigenvalue weighted by Gasteiger charge is 2.02. The molecule has 0 atom stereocenters. The third-order valence-electron chi connectivity index (χ3n) is 3.62. The minimum Gasteiger partial charge on any atom is -0.497 e. The highest BCUT2D eigenvalue weighted by Crippen LogP contribution is 2.25. The molecule has 2 nitrogen and oxygen atoms in total. The number of nitrogens with zero attached hydrogens (tertiary/aromatic N) is 1. The van der Waals surface area contributed by atoms with E-state index in [4.69, 9.17) is 4.74 Å². The largest absolute Gasteiger partial charge is 0.497 e. The third kappa shape index (κ3) is 2.95. The lowest BCUT2D eigenvalue weighted by Gasteiger charge is -2.05. The lowest BCUT2D eigenvalue weighted by Crippen LogP contribution is -2.25. The maximum atomic E-state index is 5.19. The molecule has 0 spiro atoms. The summed E-state index contributed by atoms with van der Waals surface area (Å²) in [5.41, 5.74) is 4.87. The fraction of sp³-hybridized carbons (Fsp3) is 0.105. The molecule has 0 unspecified atom stereocenters. The van der Waals surface area contributed by atoms with Crippen LogP contribution >= 0.6 is 0 Å². The number of aryl methyl sites for hydroxylation is 1. The molecule has 0 fully saturated rings. The number of pyridine rings is 1. The van der Waals surface area contributed by atoms with Crippen molar-refractivity contribution >= 4 is 0 Å². The van der Waals surface area contributed by atoms with E-state index < -0.39 is 0 Å². The quantitative estimate of drug-likeness (QED) is 0.662. The van der Waals surface area contributed by atoms with Crippen LogP contribution in [0.25, 0.3) is 22.3 Å². The molecule has 1 heterocycles. The summed E-state index contributed by atoms with van der Waals surface area (Å²) in [7, 11) is 3.71. The molecule has 2 heteroatoms. The van der Waals surface area contributed by atoms with Crippen LogP contribution in [0.1, 0.15) is 0 Å². The van der Waals surface area contributed by atoms with Crippen LogP contribution in [-0.2, 0) is 7.05 Å². The Labute approximate surface area is 125 Å². The van der Waals surface area contributed by atoms with E-state index in [0.29, 0.717) is 0 Å². The highest BCUT2D eigenvalue weighted by atomic mass is 16.5. The SMILES string of the molecule is COc1ccc(-c2ccc(-c3cc[n+](C)cc3)cc2)cc1. The molecule has 0 amide bonds. The minimum atomic E-state index is 0.882. The maximum Gasteiger partial charge on any atom is 0.169 e. The van der Waals surface area contributed by atoms with E-state index in [-0.39, 0.29) is 0 Å². The van der Waals surface area contributed by atoms with Crippen LogP contribution in [0.5, 0.6) is 5.75 Å². The number of hydrogen-bond donors (Lipinski definition) is 0. The van der Waals surface area contributed by atoms with Crippen molar-refractivity contribution in [2.24, 2.45) is 7.05 Å². The fourth-order valence-corrected chi connectivity index (χ4v) is 2.33. The number of hydrogen-bond acceptors (Lipinski definition) is 1. The molecular formula is C19H18NO+. The van der Waals surface area contributed by atoms with Crippen LogP contribution < -0.4 is 9.30 Å². The zero-order valence-electron chi connectivity index (χ0n) is 12.3. The van der Waals surface area contributed by atoms with Crippen molar-refractivity contribution in [1.82, 2.24) is 0 Å². The second-order valence-electron chi connectivity index (χ2n) is 5.06. The van der Waals surface area contributed by atoms with Crippen molar-refractivity contribution in [3.8, 4) is 28.0 Å². The average Bonchev–Trinajstić information content (AvgIpc) is 2.56. The molecule has 0 aliphatic heterocycles. The van der Waals surface area contributed by atoms with Gasteiger partial charge in [0.1, 0.15) is 12.8 Å². The van der Waals surface area contributed by atoms with Crippen LogP contribution in [-0.4, -0.2) is 7.11 Å². The van der Waals surface area contributed by atoms with E-state index >= 15 is 0 Å². The van der Waals surface area contributed by atoms with Gasteiger partial charge in [-0.15, -0.1) is 0 Å². The van der Waals surface area contributed by atoms with Crippen molar-refractivity contribution in [3.63, 3.8) is 0 Å². The Morgan fingerprint density at radius 2 is 1.00 bits per heavy atom. The van der Waals surface area contributed by atoms with Gasteiger partial charge in [-0.25, -0.2) is 4.57 Å². The summed E-state index contributed by atoms with van der Waals surface area (Å²) >= 11 is 0. The molecule has 3 rings (SSSR count). The van der Waals surface area contributed by atoms with Crippen LogP contribution in [0.15, 0.2) is 73.1 Å². The van der Waals surface area contributed by atoms with Gasteiger partial charge < -0.3 is 4.74 Å². The van der Waals surface area contributed by atoms with Crippen LogP contribution in [0.4, 0.5) is 0 Å². The van der Waals surface area contributed by atoms with Crippen LogP contribution in [0, 0.1) is 0 Å². The van der Waals surface area contributed by atoms with Gasteiger partial charge in [-0.2, -0.15) is 0 Å². The summed E-state index contributed by atoms with van der Waals surface area (Å²) in [6.07, 6.45) is 4.12. The number of benzene rings is 2. The lowest BCUT2D eigenvalue weighted by atomic mass is 10.0. The van der Waals surface area contributed by atoms with E-state index in [1.54, 1.807) is 7.11 Å². The molecule has 0 aliphatic rings. The Hall–Kier alpha value is -2.61. The van der Waals surface area contributed by atoms with E-state index in [0.717, 1.165) is 5.75 Å². The second-order valence-corrected chi connectivity index (χ2v) is 5.06. The van der Waals surface area contributed by atoms with Crippen LogP contribution in [0.2, 0.25) is 0 Å². The van der Waals surface area contributed by atoms with Crippen molar-refractivity contribution in [2.75, 3.05) is 7.11 Å². The van der Waals surface area contributed by atoms with Gasteiger partial charge in [0, 0.05) is 12.1 Å². The van der Waals surface area contributed by atoms with Crippen LogP contribution in [0.3, 0.4) is 0 Å². The molecule has 0 radical (unpaired) electrons. The predicted octanol–water partition coefficient (Wildman–Crippen LogP) is 3.85. The van der Waals surface area contributed by atoms with Gasteiger partial charge in [0.05, 0.1) is 7.11 Å². The van der Waals surface area contributed by atoms with Crippen molar-refractivity contribution in [1.29, 1.82) is 0 Å². The third-order valence-corrected chi connectivity index (χ3v) is 3.62. The number of rotatable bonds is 3. The summed E-state index contributed by atoms with van der Waals surface area (Å²) in [5.74, 6) is 0.882. The van der Waals surface area contributed by atoms with Crippen molar-refractivity contribution < 1.29 is 9.30 Å². The second kappa shape index (κ2) is 5.80. The standard InChI is InChI=1S/C19H18NO/c1-20-13-11-18(12-14-20)16-5-3-15(4-6-16)17-7-9-19(21-2)10-8-17/h3-14H,1-2H3/q+1. The number of methoxy groups -OCH3 is 1. The molecule has 0 saturated heterocycles. The monoisotopic (exact) mass is 276 g/mol. The summed E-state index contributed by atoms with van der Waals surface area (Å²) < 4.78 is 7.23. The predicted molar refractivity (Wildman–Crippen MR) is 85.0 cm³/mol. The zero-order chi connectivity index (χ0) is 14.7. The van der Waals surface area contributed by atoms with Crippen molar-refractivity contribution in [3.05, 3.63) is 73.1 Å². The molecule has 21 heavy (non-hydrogen) atoms. The molecule has 0 aliphatic carbocycles. The van der Waals surface area contributed by atoms with Gasteiger partial charge in [0.25, 0.3) is 0 Å². The molecular weight excluding hydrogens is 258 g/mol. The van der Waals surface area contributed by atoms with Crippen molar-refractivity contribution in [2.45, 2.75) is 0 Å². The maximum absolute atomic E-state index is 5.19. The minimum absolute atomic E-state index is 0.882. The Kier molecular flexibility index (Phi) is 3.69. The van der Waals surface area contributed by atoms with Gasteiger partial charge in [-0.1, -0.05) is 36.4 Å². The van der Waals surface area contributed by atoms with Gasteiger partial charge in [-0.05, 0) is 34.4 Å². The van der Waals surface area contributed by atoms with E-state index in [9.17, 15) is 0 Å². The molecule has 3 aromatic rings. The Morgan fingerprint density at radius 3 is 1.43 bits per heavy atom. The Bertz CT molecular complexity index is 713. The molecule has 0 saturated carbocycles. The zero-order valence-corrected chi connectivity index (χ0v) is 12.3. The smallest absolute Gasteiger partial charge is 0.169 e. The van der Waals surface area contributed by atoms with E-state index in [1.165, 1.54) is 22.3 Å². The molecule has 2 aromatic carbocycles. The van der Waals surface area contributed by atoms with E-state index in [1.807, 2.05) is 23.7 Å². The topological polar surface area (TPSA) is 13.1 Å². The number of ether oxygens (including phenoxy) is 1. The molecule has 1 aromatic heterocycles. The summed E-state index contributed by atoms with van der Waals surface area (Å²) in [5, 5.41) is 0. The first kappa shape index (κ1) is 13.4. The van der Waals surface area contributed by atoms with Gasteiger partial charge in [-0.3, -0.25) is 0 Å². The Morgan fingerprint density at radius 1 is 0.619 bits per heavy atom.